The van der Waals surface area contributed by atoms with E-state index < -0.39 is 5.60 Å². The predicted molar refractivity (Wildman–Crippen MR) is 99.1 cm³/mol. The van der Waals surface area contributed by atoms with Crippen LogP contribution in [0.15, 0.2) is 18.2 Å². The first-order valence-electron chi connectivity index (χ1n) is 9.00. The van der Waals surface area contributed by atoms with Crippen molar-refractivity contribution >= 4 is 11.9 Å². The van der Waals surface area contributed by atoms with E-state index in [2.05, 4.69) is 0 Å². The van der Waals surface area contributed by atoms with Crippen molar-refractivity contribution in [1.29, 1.82) is 0 Å². The van der Waals surface area contributed by atoms with E-state index in [1.807, 2.05) is 20.8 Å². The van der Waals surface area contributed by atoms with Crippen LogP contribution in [0.5, 0.6) is 11.5 Å². The first-order valence-corrected chi connectivity index (χ1v) is 9.00. The zero-order valence-corrected chi connectivity index (χ0v) is 16.3. The molecule has 2 rings (SSSR count). The number of carbonyl (C=O) groups excluding carboxylic acids is 2. The highest BCUT2D eigenvalue weighted by atomic mass is 16.6. The number of ketones is 1. The van der Waals surface area contributed by atoms with Gasteiger partial charge in [0.1, 0.15) is 5.60 Å². The summed E-state index contributed by atoms with van der Waals surface area (Å²) in [5.41, 5.74) is 0.00395. The highest BCUT2D eigenvalue weighted by Crippen LogP contribution is 2.29. The second kappa shape index (κ2) is 8.43. The minimum absolute atomic E-state index is 0.0218. The van der Waals surface area contributed by atoms with E-state index in [1.54, 1.807) is 30.2 Å². The molecule has 1 saturated heterocycles. The van der Waals surface area contributed by atoms with Crippen LogP contribution in [-0.2, 0) is 4.74 Å². The van der Waals surface area contributed by atoms with Gasteiger partial charge in [-0.05, 0) is 58.2 Å². The molecule has 1 atom stereocenters. The molecule has 6 nitrogen and oxygen atoms in total. The zero-order chi connectivity index (χ0) is 19.3. The van der Waals surface area contributed by atoms with Crippen LogP contribution in [0.4, 0.5) is 4.79 Å². The number of ether oxygens (including phenoxy) is 3. The largest absolute Gasteiger partial charge is 0.493 e. The molecule has 1 aliphatic heterocycles. The summed E-state index contributed by atoms with van der Waals surface area (Å²) < 4.78 is 16.0. The first kappa shape index (κ1) is 20.1. The molecule has 144 valence electrons. The van der Waals surface area contributed by atoms with Crippen LogP contribution in [0.3, 0.4) is 0 Å². The molecule has 1 aromatic rings. The molecule has 1 heterocycles. The van der Waals surface area contributed by atoms with Gasteiger partial charge in [0.2, 0.25) is 0 Å². The van der Waals surface area contributed by atoms with Crippen molar-refractivity contribution in [2.45, 2.75) is 58.1 Å². The van der Waals surface area contributed by atoms with Crippen LogP contribution >= 0.6 is 0 Å². The third kappa shape index (κ3) is 5.13. The fourth-order valence-corrected chi connectivity index (χ4v) is 3.12. The standard InChI is InChI=1S/C20H29NO5/c1-20(2,3)26-19(23)21-11-7-6-8-15(21)13-16(22)14-9-10-17(24-4)18(12-14)25-5/h9-10,12,15H,6-8,11,13H2,1-5H3/t15-/m0/s1. The monoisotopic (exact) mass is 363 g/mol. The molecule has 1 aliphatic rings. The maximum absolute atomic E-state index is 12.8. The maximum Gasteiger partial charge on any atom is 0.410 e. The van der Waals surface area contributed by atoms with Gasteiger partial charge in [-0.1, -0.05) is 0 Å². The van der Waals surface area contributed by atoms with E-state index in [9.17, 15) is 9.59 Å². The number of likely N-dealkylation sites (tertiary alicyclic amines) is 1. The molecule has 1 fully saturated rings. The molecule has 1 amide bonds. The number of rotatable bonds is 5. The fraction of sp³-hybridized carbons (Fsp3) is 0.600. The van der Waals surface area contributed by atoms with Crippen LogP contribution < -0.4 is 9.47 Å². The second-order valence-electron chi connectivity index (χ2n) is 7.52. The second-order valence-corrected chi connectivity index (χ2v) is 7.52. The van der Waals surface area contributed by atoms with E-state index in [0.29, 0.717) is 23.6 Å². The molecule has 0 aromatic heterocycles. The van der Waals surface area contributed by atoms with Gasteiger partial charge in [-0.15, -0.1) is 0 Å². The highest BCUT2D eigenvalue weighted by Gasteiger charge is 2.32. The number of benzene rings is 1. The average Bonchev–Trinajstić information content (AvgIpc) is 2.60. The Morgan fingerprint density at radius 1 is 1.12 bits per heavy atom. The van der Waals surface area contributed by atoms with E-state index in [1.165, 1.54) is 7.11 Å². The summed E-state index contributed by atoms with van der Waals surface area (Å²) >= 11 is 0. The molecule has 0 aliphatic carbocycles. The molecule has 0 spiro atoms. The van der Waals surface area contributed by atoms with Gasteiger partial charge < -0.3 is 19.1 Å². The van der Waals surface area contributed by atoms with Crippen molar-refractivity contribution in [3.8, 4) is 11.5 Å². The SMILES string of the molecule is COc1ccc(C(=O)C[C@@H]2CCCCN2C(=O)OC(C)(C)C)cc1OC. The van der Waals surface area contributed by atoms with Crippen LogP contribution in [0.1, 0.15) is 56.8 Å². The highest BCUT2D eigenvalue weighted by molar-refractivity contribution is 5.97. The van der Waals surface area contributed by atoms with Crippen LogP contribution in [0, 0.1) is 0 Å². The summed E-state index contributed by atoms with van der Waals surface area (Å²) in [6.45, 7) is 6.16. The average molecular weight is 363 g/mol. The number of hydrogen-bond acceptors (Lipinski definition) is 5. The Morgan fingerprint density at radius 2 is 1.81 bits per heavy atom. The summed E-state index contributed by atoms with van der Waals surface area (Å²) in [5, 5.41) is 0. The van der Waals surface area contributed by atoms with Gasteiger partial charge in [0.15, 0.2) is 17.3 Å². The maximum atomic E-state index is 12.8. The number of carbonyl (C=O) groups is 2. The Morgan fingerprint density at radius 3 is 2.42 bits per heavy atom. The third-order valence-electron chi connectivity index (χ3n) is 4.38. The molecule has 0 unspecified atom stereocenters. The summed E-state index contributed by atoms with van der Waals surface area (Å²) in [6, 6.07) is 4.99. The van der Waals surface area contributed by atoms with Crippen molar-refractivity contribution < 1.29 is 23.8 Å². The zero-order valence-electron chi connectivity index (χ0n) is 16.3. The quantitative estimate of drug-likeness (QED) is 0.738. The number of Topliss-reactive ketones (excluding diaryl/α,β-unsaturated/α-hetero) is 1. The van der Waals surface area contributed by atoms with Gasteiger partial charge in [-0.3, -0.25) is 4.79 Å². The van der Waals surface area contributed by atoms with E-state index in [0.717, 1.165) is 19.3 Å². The predicted octanol–water partition coefficient (Wildman–Crippen LogP) is 4.07. The molecule has 0 bridgehead atoms. The number of hydrogen-bond donors (Lipinski definition) is 0. The Kier molecular flexibility index (Phi) is 6.51. The Balaban J connectivity index is 2.11. The van der Waals surface area contributed by atoms with Gasteiger partial charge in [-0.25, -0.2) is 4.79 Å². The molecular weight excluding hydrogens is 334 g/mol. The number of methoxy groups -OCH3 is 2. The number of amides is 1. The summed E-state index contributed by atoms with van der Waals surface area (Å²) in [5.74, 6) is 1.08. The Hall–Kier alpha value is -2.24. The Bertz CT molecular complexity index is 650. The van der Waals surface area contributed by atoms with Gasteiger partial charge in [0, 0.05) is 24.6 Å². The van der Waals surface area contributed by atoms with Gasteiger partial charge >= 0.3 is 6.09 Å². The smallest absolute Gasteiger partial charge is 0.410 e. The molecule has 0 saturated carbocycles. The lowest BCUT2D eigenvalue weighted by atomic mass is 9.95. The van der Waals surface area contributed by atoms with Gasteiger partial charge in [0.05, 0.1) is 14.2 Å². The molecule has 0 radical (unpaired) electrons. The number of piperidine rings is 1. The lowest BCUT2D eigenvalue weighted by Crippen LogP contribution is -2.46. The summed E-state index contributed by atoms with van der Waals surface area (Å²) in [6.07, 6.45) is 2.67. The lowest BCUT2D eigenvalue weighted by molar-refractivity contribution is 0.00946. The fourth-order valence-electron chi connectivity index (χ4n) is 3.12. The van der Waals surface area contributed by atoms with Crippen molar-refractivity contribution in [2.24, 2.45) is 0 Å². The van der Waals surface area contributed by atoms with Crippen molar-refractivity contribution in [1.82, 2.24) is 4.90 Å². The molecule has 6 heteroatoms. The Labute approximate surface area is 155 Å². The molecule has 26 heavy (non-hydrogen) atoms. The molecular formula is C20H29NO5. The van der Waals surface area contributed by atoms with Crippen LogP contribution in [0.2, 0.25) is 0 Å². The normalized spacial score (nSPS) is 17.6. The van der Waals surface area contributed by atoms with E-state index in [4.69, 9.17) is 14.2 Å². The summed E-state index contributed by atoms with van der Waals surface area (Å²) in [4.78, 5) is 26.9. The van der Waals surface area contributed by atoms with Gasteiger partial charge in [0.25, 0.3) is 0 Å². The van der Waals surface area contributed by atoms with Crippen molar-refractivity contribution in [2.75, 3.05) is 20.8 Å². The topological polar surface area (TPSA) is 65.1 Å². The minimum Gasteiger partial charge on any atom is -0.493 e. The van der Waals surface area contributed by atoms with Crippen molar-refractivity contribution in [3.63, 3.8) is 0 Å². The molecule has 1 aromatic carbocycles. The first-order chi connectivity index (χ1) is 12.2. The van der Waals surface area contributed by atoms with E-state index >= 15 is 0 Å². The number of nitrogens with zero attached hydrogens (tertiary/aromatic N) is 1. The van der Waals surface area contributed by atoms with Crippen LogP contribution in [0.25, 0.3) is 0 Å². The minimum atomic E-state index is -0.549. The van der Waals surface area contributed by atoms with Crippen molar-refractivity contribution in [3.05, 3.63) is 23.8 Å². The summed E-state index contributed by atoms with van der Waals surface area (Å²) in [7, 11) is 3.09. The third-order valence-corrected chi connectivity index (χ3v) is 4.38. The van der Waals surface area contributed by atoms with Gasteiger partial charge in [-0.2, -0.15) is 0 Å². The molecule has 0 N–H and O–H groups in total. The van der Waals surface area contributed by atoms with Crippen LogP contribution in [-0.4, -0.2) is 49.2 Å². The lowest BCUT2D eigenvalue weighted by Gasteiger charge is -2.36. The van der Waals surface area contributed by atoms with E-state index in [-0.39, 0.29) is 24.3 Å².